The second-order valence-corrected chi connectivity index (χ2v) is 5.16. The average molecular weight is 277 g/mol. The Morgan fingerprint density at radius 2 is 2.30 bits per heavy atom. The van der Waals surface area contributed by atoms with Gasteiger partial charge >= 0.3 is 0 Å². The zero-order valence-corrected chi connectivity index (χ0v) is 11.4. The molecular weight excluding hydrogens is 258 g/mol. The normalized spacial score (nSPS) is 24.1. The van der Waals surface area contributed by atoms with E-state index in [0.29, 0.717) is 29.3 Å². The van der Waals surface area contributed by atoms with Crippen LogP contribution in [-0.4, -0.2) is 31.3 Å². The topological polar surface area (TPSA) is 85.6 Å². The predicted octanol–water partition coefficient (Wildman–Crippen LogP) is 1.58. The first kappa shape index (κ1) is 13.1. The highest BCUT2D eigenvalue weighted by Crippen LogP contribution is 2.37. The van der Waals surface area contributed by atoms with Gasteiger partial charge in [0.2, 0.25) is 0 Å². The largest absolute Gasteiger partial charge is 0.482 e. The van der Waals surface area contributed by atoms with Gasteiger partial charge in [-0.1, -0.05) is 0 Å². The summed E-state index contributed by atoms with van der Waals surface area (Å²) in [5.41, 5.74) is 8.13. The highest BCUT2D eigenvalue weighted by Gasteiger charge is 2.30. The molecule has 108 valence electrons. The third kappa shape index (κ3) is 2.51. The van der Waals surface area contributed by atoms with E-state index in [-0.39, 0.29) is 12.5 Å². The van der Waals surface area contributed by atoms with Gasteiger partial charge in [-0.2, -0.15) is 0 Å². The molecule has 0 atom stereocenters. The summed E-state index contributed by atoms with van der Waals surface area (Å²) in [5.74, 6) is 0.474. The first-order valence-electron chi connectivity index (χ1n) is 6.90. The van der Waals surface area contributed by atoms with E-state index in [4.69, 9.17) is 15.2 Å². The van der Waals surface area contributed by atoms with Gasteiger partial charge in [0.1, 0.15) is 5.75 Å². The molecule has 6 heteroatoms. The number of benzene rings is 1. The van der Waals surface area contributed by atoms with Crippen molar-refractivity contribution >= 4 is 23.0 Å². The summed E-state index contributed by atoms with van der Waals surface area (Å²) in [6, 6.07) is 3.94. The third-order valence-electron chi connectivity index (χ3n) is 3.64. The fourth-order valence-electron chi connectivity index (χ4n) is 2.54. The lowest BCUT2D eigenvalue weighted by molar-refractivity contribution is -0.118. The fourth-order valence-corrected chi connectivity index (χ4v) is 2.54. The maximum atomic E-state index is 11.3. The van der Waals surface area contributed by atoms with Crippen LogP contribution in [-0.2, 0) is 9.53 Å². The number of nitrogens with one attached hydrogen (secondary N) is 2. The number of nitrogens with two attached hydrogens (primary N) is 1. The van der Waals surface area contributed by atoms with Gasteiger partial charge < -0.3 is 25.8 Å². The van der Waals surface area contributed by atoms with Crippen LogP contribution in [0.3, 0.4) is 0 Å². The molecular formula is C14H19N3O3. The van der Waals surface area contributed by atoms with Crippen LogP contribution in [0.4, 0.5) is 17.1 Å². The summed E-state index contributed by atoms with van der Waals surface area (Å²) >= 11 is 0. The molecule has 1 saturated carbocycles. The van der Waals surface area contributed by atoms with Crippen LogP contribution >= 0.6 is 0 Å². The maximum absolute atomic E-state index is 11.3. The molecule has 1 heterocycles. The van der Waals surface area contributed by atoms with Crippen LogP contribution < -0.4 is 21.1 Å². The third-order valence-corrected chi connectivity index (χ3v) is 3.64. The molecule has 1 fully saturated rings. The molecule has 1 aromatic carbocycles. The Morgan fingerprint density at radius 1 is 1.50 bits per heavy atom. The first-order chi connectivity index (χ1) is 9.65. The van der Waals surface area contributed by atoms with Crippen LogP contribution in [0.1, 0.15) is 19.8 Å². The zero-order valence-electron chi connectivity index (χ0n) is 11.4. The van der Waals surface area contributed by atoms with Crippen molar-refractivity contribution in [3.8, 4) is 5.75 Å². The van der Waals surface area contributed by atoms with Crippen molar-refractivity contribution in [3.63, 3.8) is 0 Å². The van der Waals surface area contributed by atoms with Gasteiger partial charge in [0.15, 0.2) is 6.61 Å². The fraction of sp³-hybridized carbons (Fsp3) is 0.500. The lowest BCUT2D eigenvalue weighted by Crippen LogP contribution is -2.41. The number of amides is 1. The molecule has 0 spiro atoms. The van der Waals surface area contributed by atoms with E-state index in [1.54, 1.807) is 6.07 Å². The van der Waals surface area contributed by atoms with Crippen molar-refractivity contribution in [1.82, 2.24) is 0 Å². The first-order valence-corrected chi connectivity index (χ1v) is 6.90. The highest BCUT2D eigenvalue weighted by molar-refractivity contribution is 5.97. The van der Waals surface area contributed by atoms with Crippen LogP contribution in [0.2, 0.25) is 0 Å². The molecule has 1 aliphatic carbocycles. The van der Waals surface area contributed by atoms with E-state index in [1.807, 2.05) is 13.0 Å². The Bertz CT molecular complexity index is 527. The Hall–Kier alpha value is -1.95. The van der Waals surface area contributed by atoms with Gasteiger partial charge in [-0.25, -0.2) is 0 Å². The van der Waals surface area contributed by atoms with Crippen molar-refractivity contribution in [2.45, 2.75) is 31.9 Å². The molecule has 0 aromatic heterocycles. The summed E-state index contributed by atoms with van der Waals surface area (Å²) in [5, 5.41) is 6.17. The Labute approximate surface area is 117 Å². The number of fused-ring (bicyclic) bond motifs is 1. The van der Waals surface area contributed by atoms with E-state index in [0.717, 1.165) is 25.1 Å². The molecule has 2 aliphatic rings. The minimum absolute atomic E-state index is 0.0396. The molecule has 3 rings (SSSR count). The van der Waals surface area contributed by atoms with Crippen LogP contribution in [0.25, 0.3) is 0 Å². The van der Waals surface area contributed by atoms with E-state index in [1.165, 1.54) is 0 Å². The second kappa shape index (κ2) is 5.20. The van der Waals surface area contributed by atoms with E-state index < -0.39 is 0 Å². The number of carbonyl (C=O) groups is 1. The Morgan fingerprint density at radius 3 is 3.05 bits per heavy atom. The molecule has 0 radical (unpaired) electrons. The zero-order chi connectivity index (χ0) is 14.1. The van der Waals surface area contributed by atoms with Gasteiger partial charge in [0.25, 0.3) is 5.91 Å². The van der Waals surface area contributed by atoms with Crippen LogP contribution in [0.5, 0.6) is 5.75 Å². The average Bonchev–Trinajstić information content (AvgIpc) is 2.37. The number of anilines is 3. The maximum Gasteiger partial charge on any atom is 0.262 e. The number of carbonyl (C=O) groups excluding carboxylic acids is 1. The van der Waals surface area contributed by atoms with E-state index in [2.05, 4.69) is 10.6 Å². The summed E-state index contributed by atoms with van der Waals surface area (Å²) in [6.07, 6.45) is 2.31. The monoisotopic (exact) mass is 277 g/mol. The minimum Gasteiger partial charge on any atom is -0.482 e. The molecule has 0 bridgehead atoms. The molecule has 6 nitrogen and oxygen atoms in total. The van der Waals surface area contributed by atoms with Crippen LogP contribution in [0, 0.1) is 0 Å². The molecule has 0 saturated heterocycles. The highest BCUT2D eigenvalue weighted by atomic mass is 16.5. The van der Waals surface area contributed by atoms with Gasteiger partial charge in [-0.05, 0) is 25.8 Å². The smallest absolute Gasteiger partial charge is 0.262 e. The lowest BCUT2D eigenvalue weighted by Gasteiger charge is -2.36. The minimum atomic E-state index is -0.145. The molecule has 0 unspecified atom stereocenters. The van der Waals surface area contributed by atoms with Gasteiger partial charge in [0.05, 0.1) is 23.2 Å². The van der Waals surface area contributed by atoms with Crippen molar-refractivity contribution in [2.75, 3.05) is 29.6 Å². The number of hydrogen-bond donors (Lipinski definition) is 3. The predicted molar refractivity (Wildman–Crippen MR) is 77.0 cm³/mol. The molecule has 4 N–H and O–H groups in total. The van der Waals surface area contributed by atoms with Crippen molar-refractivity contribution in [1.29, 1.82) is 0 Å². The number of ether oxygens (including phenoxy) is 2. The second-order valence-electron chi connectivity index (χ2n) is 5.16. The Balaban J connectivity index is 1.68. The summed E-state index contributed by atoms with van der Waals surface area (Å²) in [6.45, 7) is 2.80. The summed E-state index contributed by atoms with van der Waals surface area (Å²) in [4.78, 5) is 11.3. The summed E-state index contributed by atoms with van der Waals surface area (Å²) < 4.78 is 10.9. The lowest BCUT2D eigenvalue weighted by atomic mass is 9.89. The standard InChI is InChI=1S/C14H19N3O3/c1-2-19-9-3-8(4-9)16-11-6-12-13(5-10(11)15)20-7-14(18)17-12/h5-6,8-9,16H,2-4,7,15H2,1H3,(H,17,18). The van der Waals surface area contributed by atoms with Gasteiger partial charge in [-0.3, -0.25) is 4.79 Å². The number of nitrogen functional groups attached to an aromatic ring is 1. The molecule has 1 aliphatic heterocycles. The van der Waals surface area contributed by atoms with Crippen LogP contribution in [0.15, 0.2) is 12.1 Å². The SMILES string of the molecule is CCOC1CC(Nc2cc3c(cc2N)OCC(=O)N3)C1. The number of hydrogen-bond acceptors (Lipinski definition) is 5. The quantitative estimate of drug-likeness (QED) is 0.727. The van der Waals surface area contributed by atoms with Crippen molar-refractivity contribution in [3.05, 3.63) is 12.1 Å². The van der Waals surface area contributed by atoms with Gasteiger partial charge in [0, 0.05) is 18.7 Å². The molecule has 20 heavy (non-hydrogen) atoms. The molecule has 1 aromatic rings. The number of rotatable bonds is 4. The van der Waals surface area contributed by atoms with Crippen molar-refractivity contribution in [2.24, 2.45) is 0 Å². The molecule has 1 amide bonds. The Kier molecular flexibility index (Phi) is 3.40. The van der Waals surface area contributed by atoms with E-state index >= 15 is 0 Å². The van der Waals surface area contributed by atoms with Crippen molar-refractivity contribution < 1.29 is 14.3 Å². The van der Waals surface area contributed by atoms with E-state index in [9.17, 15) is 4.79 Å². The van der Waals surface area contributed by atoms with Gasteiger partial charge in [-0.15, -0.1) is 0 Å². The summed E-state index contributed by atoms with van der Waals surface area (Å²) in [7, 11) is 0.